The van der Waals surface area contributed by atoms with E-state index in [-0.39, 0.29) is 16.9 Å². The molecule has 1 aromatic carbocycles. The van der Waals surface area contributed by atoms with E-state index in [4.69, 9.17) is 15.1 Å². The summed E-state index contributed by atoms with van der Waals surface area (Å²) in [5.74, 6) is 0.254. The fourth-order valence-corrected chi connectivity index (χ4v) is 2.98. The maximum Gasteiger partial charge on any atom is 0.231 e. The summed E-state index contributed by atoms with van der Waals surface area (Å²) in [4.78, 5) is 12.9. The number of carbonyl (C=O) groups excluding carboxylic acids is 1. The Hall–Kier alpha value is -2.32. The number of ketones is 1. The second-order valence-electron chi connectivity index (χ2n) is 4.03. The van der Waals surface area contributed by atoms with E-state index in [1.165, 1.54) is 11.8 Å². The van der Waals surface area contributed by atoms with Gasteiger partial charge < -0.3 is 4.42 Å². The van der Waals surface area contributed by atoms with Gasteiger partial charge in [-0.25, -0.2) is 0 Å². The molecule has 4 nitrogen and oxygen atoms in total. The lowest BCUT2D eigenvalue weighted by molar-refractivity contribution is 0.103. The van der Waals surface area contributed by atoms with Crippen LogP contribution in [0.25, 0.3) is 11.3 Å². The first kappa shape index (κ1) is 11.8. The second kappa shape index (κ2) is 4.11. The Bertz CT molecular complexity index is 815. The zero-order valence-corrected chi connectivity index (χ0v) is 10.8. The van der Waals surface area contributed by atoms with E-state index >= 15 is 0 Å². The molecule has 0 bridgehead atoms. The number of fused-ring (bicyclic) bond motifs is 3. The molecule has 19 heavy (non-hydrogen) atoms. The van der Waals surface area contributed by atoms with Crippen LogP contribution >= 0.6 is 11.8 Å². The maximum absolute atomic E-state index is 12.4. The van der Waals surface area contributed by atoms with Crippen LogP contribution in [0.3, 0.4) is 0 Å². The fraction of sp³-hybridized carbons (Fsp3) is 0.0714. The van der Waals surface area contributed by atoms with Gasteiger partial charge in [0.25, 0.3) is 0 Å². The van der Waals surface area contributed by atoms with Gasteiger partial charge in [-0.1, -0.05) is 24.3 Å². The number of hydrogen-bond acceptors (Lipinski definition) is 5. The summed E-state index contributed by atoms with van der Waals surface area (Å²) in [5, 5.41) is 16.9. The highest BCUT2D eigenvalue weighted by Gasteiger charge is 2.33. The van der Waals surface area contributed by atoms with Gasteiger partial charge >= 0.3 is 0 Å². The first-order valence-corrected chi connectivity index (χ1v) is 6.75. The summed E-state index contributed by atoms with van der Waals surface area (Å²) in [6.45, 7) is 0. The summed E-state index contributed by atoms with van der Waals surface area (Å²) in [6.07, 6.45) is 1.78. The van der Waals surface area contributed by atoms with Crippen LogP contribution in [0.1, 0.15) is 21.5 Å². The summed E-state index contributed by atoms with van der Waals surface area (Å²) in [6, 6.07) is 9.06. The highest BCUT2D eigenvalue weighted by Crippen LogP contribution is 2.40. The molecule has 0 amide bonds. The largest absolute Gasteiger partial charge is 0.437 e. The molecule has 0 saturated heterocycles. The Morgan fingerprint density at radius 2 is 2.00 bits per heavy atom. The molecule has 0 fully saturated rings. The number of nitriles is 1. The minimum atomic E-state index is -0.199. The van der Waals surface area contributed by atoms with Crippen LogP contribution < -0.4 is 5.55 Å². The Balaban J connectivity index is 2.47. The van der Waals surface area contributed by atoms with Crippen molar-refractivity contribution in [2.45, 2.75) is 4.90 Å². The molecule has 1 N–H and O–H groups in total. The molecule has 1 heterocycles. The first-order chi connectivity index (χ1) is 9.19. The Labute approximate surface area is 113 Å². The van der Waals surface area contributed by atoms with Gasteiger partial charge in [0.15, 0.2) is 5.78 Å². The molecule has 1 aliphatic carbocycles. The van der Waals surface area contributed by atoms with E-state index in [9.17, 15) is 4.79 Å². The lowest BCUT2D eigenvalue weighted by Crippen LogP contribution is -2.10. The molecule has 0 atom stereocenters. The standard InChI is InChI=1S/C14H8N2O2S/c1-19-13-9(6-15)14(16)18-12-8-5-3-2-4-7(8)11(17)10(12)13/h2-5,16H,1H3. The van der Waals surface area contributed by atoms with Gasteiger partial charge in [0.2, 0.25) is 5.55 Å². The Morgan fingerprint density at radius 3 is 2.63 bits per heavy atom. The SMILES string of the molecule is CSc1c2c(oc(=N)c1C#N)-c1ccccc1C2=O. The number of benzene rings is 1. The van der Waals surface area contributed by atoms with E-state index < -0.39 is 0 Å². The number of hydrogen-bond donors (Lipinski definition) is 1. The molecule has 0 aliphatic heterocycles. The quantitative estimate of drug-likeness (QED) is 0.688. The van der Waals surface area contributed by atoms with Gasteiger partial charge in [-0.2, -0.15) is 5.26 Å². The number of nitrogens with one attached hydrogen (secondary N) is 1. The van der Waals surface area contributed by atoms with Crippen molar-refractivity contribution in [1.29, 1.82) is 10.7 Å². The molecule has 1 aliphatic rings. The van der Waals surface area contributed by atoms with Gasteiger partial charge in [0, 0.05) is 16.0 Å². The molecule has 5 heteroatoms. The minimum Gasteiger partial charge on any atom is -0.437 e. The minimum absolute atomic E-state index is 0.118. The fourth-order valence-electron chi connectivity index (χ4n) is 2.25. The lowest BCUT2D eigenvalue weighted by atomic mass is 10.1. The summed E-state index contributed by atoms with van der Waals surface area (Å²) < 4.78 is 5.39. The molecule has 3 rings (SSSR count). The average Bonchev–Trinajstić information content (AvgIpc) is 2.71. The average molecular weight is 268 g/mol. The third-order valence-corrected chi connectivity index (χ3v) is 3.89. The number of nitrogens with zero attached hydrogens (tertiary/aromatic N) is 1. The molecule has 0 radical (unpaired) electrons. The predicted octanol–water partition coefficient (Wildman–Crippen LogP) is 2.56. The predicted molar refractivity (Wildman–Crippen MR) is 69.9 cm³/mol. The molecule has 0 unspecified atom stereocenters. The summed E-state index contributed by atoms with van der Waals surface area (Å²) in [7, 11) is 0. The van der Waals surface area contributed by atoms with Crippen molar-refractivity contribution >= 4 is 17.5 Å². The zero-order valence-electron chi connectivity index (χ0n) is 9.98. The van der Waals surface area contributed by atoms with Crippen molar-refractivity contribution in [1.82, 2.24) is 0 Å². The molecular formula is C14H8N2O2S. The van der Waals surface area contributed by atoms with Crippen molar-refractivity contribution < 1.29 is 9.21 Å². The Morgan fingerprint density at radius 1 is 1.32 bits per heavy atom. The highest BCUT2D eigenvalue weighted by molar-refractivity contribution is 7.98. The first-order valence-electron chi connectivity index (χ1n) is 5.53. The molecule has 92 valence electrons. The summed E-state index contributed by atoms with van der Waals surface area (Å²) >= 11 is 1.29. The third-order valence-electron chi connectivity index (χ3n) is 3.07. The van der Waals surface area contributed by atoms with Crippen LogP contribution in [-0.2, 0) is 0 Å². The number of carbonyl (C=O) groups is 1. The van der Waals surface area contributed by atoms with E-state index in [0.717, 1.165) is 0 Å². The van der Waals surface area contributed by atoms with Crippen LogP contribution in [-0.4, -0.2) is 12.0 Å². The smallest absolute Gasteiger partial charge is 0.231 e. The maximum atomic E-state index is 12.4. The normalized spacial score (nSPS) is 11.9. The Kier molecular flexibility index (Phi) is 2.54. The lowest BCUT2D eigenvalue weighted by Gasteiger charge is -2.05. The molecule has 1 aromatic heterocycles. The summed E-state index contributed by atoms with van der Waals surface area (Å²) in [5.41, 5.74) is 1.57. The van der Waals surface area contributed by atoms with Gasteiger partial charge in [-0.05, 0) is 6.26 Å². The van der Waals surface area contributed by atoms with Crippen molar-refractivity contribution in [3.63, 3.8) is 0 Å². The van der Waals surface area contributed by atoms with Crippen molar-refractivity contribution in [3.05, 3.63) is 46.5 Å². The molecule has 0 spiro atoms. The number of rotatable bonds is 1. The number of thioether (sulfide) groups is 1. The van der Waals surface area contributed by atoms with Crippen LogP contribution in [0.2, 0.25) is 0 Å². The van der Waals surface area contributed by atoms with Crippen molar-refractivity contribution in [2.75, 3.05) is 6.26 Å². The monoisotopic (exact) mass is 268 g/mol. The highest BCUT2D eigenvalue weighted by atomic mass is 32.2. The third kappa shape index (κ3) is 1.47. The van der Waals surface area contributed by atoms with E-state index in [2.05, 4.69) is 0 Å². The molecule has 2 aromatic rings. The molecule has 0 saturated carbocycles. The van der Waals surface area contributed by atoms with Crippen molar-refractivity contribution in [3.8, 4) is 17.4 Å². The van der Waals surface area contributed by atoms with Crippen LogP contribution in [0.4, 0.5) is 0 Å². The molecular weight excluding hydrogens is 260 g/mol. The van der Waals surface area contributed by atoms with Gasteiger partial charge in [-0.15, -0.1) is 11.8 Å². The topological polar surface area (TPSA) is 77.8 Å². The van der Waals surface area contributed by atoms with E-state index in [1.807, 2.05) is 12.1 Å². The zero-order chi connectivity index (χ0) is 13.6. The van der Waals surface area contributed by atoms with Crippen LogP contribution in [0.5, 0.6) is 0 Å². The second-order valence-corrected chi connectivity index (χ2v) is 4.85. The van der Waals surface area contributed by atoms with Crippen LogP contribution in [0.15, 0.2) is 33.6 Å². The van der Waals surface area contributed by atoms with Crippen LogP contribution in [0, 0.1) is 16.7 Å². The van der Waals surface area contributed by atoms with Gasteiger partial charge in [-0.3, -0.25) is 10.2 Å². The van der Waals surface area contributed by atoms with Gasteiger partial charge in [0.05, 0.1) is 5.56 Å². The van der Waals surface area contributed by atoms with Crippen molar-refractivity contribution in [2.24, 2.45) is 0 Å². The van der Waals surface area contributed by atoms with E-state index in [1.54, 1.807) is 24.5 Å². The van der Waals surface area contributed by atoms with E-state index in [0.29, 0.717) is 27.3 Å². The van der Waals surface area contributed by atoms with Gasteiger partial charge in [0.1, 0.15) is 17.4 Å².